The summed E-state index contributed by atoms with van der Waals surface area (Å²) in [6.07, 6.45) is 1.59. The van der Waals surface area contributed by atoms with E-state index in [9.17, 15) is 4.79 Å². The van der Waals surface area contributed by atoms with Crippen molar-refractivity contribution in [2.24, 2.45) is 0 Å². The predicted octanol–water partition coefficient (Wildman–Crippen LogP) is 0.868. The highest BCUT2D eigenvalue weighted by atomic mass is 16.5. The fraction of sp³-hybridized carbons (Fsp3) is 0.308. The number of ether oxygens (including phenoxy) is 2. The number of amides is 1. The van der Waals surface area contributed by atoms with E-state index in [-0.39, 0.29) is 19.1 Å². The Kier molecular flexibility index (Phi) is 5.73. The number of carbonyl (C=O) groups excluding carboxylic acids is 1. The van der Waals surface area contributed by atoms with Crippen LogP contribution in [0.3, 0.4) is 0 Å². The van der Waals surface area contributed by atoms with E-state index in [1.54, 1.807) is 24.3 Å². The number of benzene rings is 1. The average Bonchev–Trinajstić information content (AvgIpc) is 2.42. The Hall–Kier alpha value is -2.01. The number of methoxy groups -OCH3 is 1. The molecule has 98 valence electrons. The Morgan fingerprint density at radius 2 is 2.28 bits per heavy atom. The summed E-state index contributed by atoms with van der Waals surface area (Å²) < 4.78 is 10.5. The first-order valence-electron chi connectivity index (χ1n) is 5.49. The summed E-state index contributed by atoms with van der Waals surface area (Å²) in [5.74, 6) is 0.713. The zero-order chi connectivity index (χ0) is 13.4. The van der Waals surface area contributed by atoms with Gasteiger partial charge in [0.2, 0.25) is 0 Å². The molecule has 18 heavy (non-hydrogen) atoms. The zero-order valence-corrected chi connectivity index (χ0v) is 10.3. The lowest BCUT2D eigenvalue weighted by molar-refractivity contribution is -0.122. The minimum absolute atomic E-state index is 0.0730. The van der Waals surface area contributed by atoms with E-state index < -0.39 is 0 Å². The van der Waals surface area contributed by atoms with Gasteiger partial charge in [-0.15, -0.1) is 6.58 Å². The molecule has 0 aromatic heterocycles. The molecule has 5 nitrogen and oxygen atoms in total. The Balaban J connectivity index is 2.61. The summed E-state index contributed by atoms with van der Waals surface area (Å²) >= 11 is 0. The zero-order valence-electron chi connectivity index (χ0n) is 10.3. The van der Waals surface area contributed by atoms with E-state index in [4.69, 9.17) is 14.6 Å². The highest BCUT2D eigenvalue weighted by Crippen LogP contribution is 2.27. The first-order chi connectivity index (χ1) is 8.71. The van der Waals surface area contributed by atoms with Crippen molar-refractivity contribution in [2.75, 3.05) is 20.3 Å². The molecular formula is C13H17NO4. The topological polar surface area (TPSA) is 67.8 Å². The van der Waals surface area contributed by atoms with Gasteiger partial charge in [-0.3, -0.25) is 4.79 Å². The molecule has 0 aliphatic heterocycles. The van der Waals surface area contributed by atoms with E-state index in [1.807, 2.05) is 0 Å². The van der Waals surface area contributed by atoms with Gasteiger partial charge in [0.1, 0.15) is 0 Å². The number of hydrogen-bond donors (Lipinski definition) is 2. The SMILES string of the molecule is C=CCNC(=O)COc1ccc(CO)cc1OC. The molecule has 0 saturated heterocycles. The molecule has 2 N–H and O–H groups in total. The van der Waals surface area contributed by atoms with Crippen molar-refractivity contribution in [3.05, 3.63) is 36.4 Å². The van der Waals surface area contributed by atoms with Gasteiger partial charge in [0.15, 0.2) is 18.1 Å². The third kappa shape index (κ3) is 4.10. The molecule has 0 heterocycles. The van der Waals surface area contributed by atoms with Crippen molar-refractivity contribution in [3.63, 3.8) is 0 Å². The molecule has 0 saturated carbocycles. The van der Waals surface area contributed by atoms with Crippen LogP contribution in [-0.4, -0.2) is 31.3 Å². The first-order valence-corrected chi connectivity index (χ1v) is 5.49. The second kappa shape index (κ2) is 7.34. The number of aliphatic hydroxyl groups excluding tert-OH is 1. The van der Waals surface area contributed by atoms with E-state index in [2.05, 4.69) is 11.9 Å². The van der Waals surface area contributed by atoms with Gasteiger partial charge in [0, 0.05) is 6.54 Å². The molecule has 0 aliphatic carbocycles. The van der Waals surface area contributed by atoms with Gasteiger partial charge in [0.25, 0.3) is 5.91 Å². The lowest BCUT2D eigenvalue weighted by atomic mass is 10.2. The molecule has 0 aliphatic rings. The number of carbonyl (C=O) groups is 1. The molecule has 5 heteroatoms. The minimum Gasteiger partial charge on any atom is -0.493 e. The third-order valence-electron chi connectivity index (χ3n) is 2.21. The predicted molar refractivity (Wildman–Crippen MR) is 67.6 cm³/mol. The number of aliphatic hydroxyl groups is 1. The largest absolute Gasteiger partial charge is 0.493 e. The Morgan fingerprint density at radius 1 is 1.50 bits per heavy atom. The highest BCUT2D eigenvalue weighted by molar-refractivity contribution is 5.77. The minimum atomic E-state index is -0.233. The van der Waals surface area contributed by atoms with Crippen LogP contribution in [0.1, 0.15) is 5.56 Å². The molecule has 0 bridgehead atoms. The van der Waals surface area contributed by atoms with Crippen molar-refractivity contribution in [1.29, 1.82) is 0 Å². The maximum atomic E-state index is 11.3. The summed E-state index contributed by atoms with van der Waals surface area (Å²) in [5.41, 5.74) is 0.718. The molecule has 1 rings (SSSR count). The van der Waals surface area contributed by atoms with Crippen LogP contribution in [0.2, 0.25) is 0 Å². The van der Waals surface area contributed by atoms with Crippen molar-refractivity contribution in [3.8, 4) is 11.5 Å². The molecule has 0 unspecified atom stereocenters. The molecule has 0 radical (unpaired) electrons. The molecule has 0 atom stereocenters. The van der Waals surface area contributed by atoms with Crippen LogP contribution in [0, 0.1) is 0 Å². The normalized spacial score (nSPS) is 9.67. The van der Waals surface area contributed by atoms with Gasteiger partial charge < -0.3 is 19.9 Å². The standard InChI is InChI=1S/C13H17NO4/c1-3-6-14-13(16)9-18-11-5-4-10(8-15)7-12(11)17-2/h3-5,7,15H,1,6,8-9H2,2H3,(H,14,16). The Bertz CT molecular complexity index is 417. The van der Waals surface area contributed by atoms with Gasteiger partial charge in [0.05, 0.1) is 13.7 Å². The van der Waals surface area contributed by atoms with E-state index in [1.165, 1.54) is 7.11 Å². The van der Waals surface area contributed by atoms with Gasteiger partial charge >= 0.3 is 0 Å². The lowest BCUT2D eigenvalue weighted by Gasteiger charge is -2.11. The highest BCUT2D eigenvalue weighted by Gasteiger charge is 2.07. The molecule has 0 fully saturated rings. The smallest absolute Gasteiger partial charge is 0.258 e. The van der Waals surface area contributed by atoms with Crippen LogP contribution < -0.4 is 14.8 Å². The van der Waals surface area contributed by atoms with Gasteiger partial charge in [-0.2, -0.15) is 0 Å². The first kappa shape index (κ1) is 14.1. The van der Waals surface area contributed by atoms with E-state index in [0.717, 1.165) is 5.56 Å². The van der Waals surface area contributed by atoms with Crippen molar-refractivity contribution < 1.29 is 19.4 Å². The second-order valence-corrected chi connectivity index (χ2v) is 3.52. The maximum absolute atomic E-state index is 11.3. The number of rotatable bonds is 7. The summed E-state index contributed by atoms with van der Waals surface area (Å²) in [6, 6.07) is 5.03. The monoisotopic (exact) mass is 251 g/mol. The van der Waals surface area contributed by atoms with Gasteiger partial charge in [-0.1, -0.05) is 12.1 Å². The third-order valence-corrected chi connectivity index (χ3v) is 2.21. The average molecular weight is 251 g/mol. The van der Waals surface area contributed by atoms with Crippen LogP contribution in [0.25, 0.3) is 0 Å². The molecular weight excluding hydrogens is 234 g/mol. The fourth-order valence-electron chi connectivity index (χ4n) is 1.31. The maximum Gasteiger partial charge on any atom is 0.258 e. The second-order valence-electron chi connectivity index (χ2n) is 3.52. The van der Waals surface area contributed by atoms with Crippen LogP contribution in [0.4, 0.5) is 0 Å². The van der Waals surface area contributed by atoms with Crippen LogP contribution in [-0.2, 0) is 11.4 Å². The summed E-state index contributed by atoms with van der Waals surface area (Å²) in [5, 5.41) is 11.6. The van der Waals surface area contributed by atoms with Crippen LogP contribution in [0.15, 0.2) is 30.9 Å². The van der Waals surface area contributed by atoms with Gasteiger partial charge in [-0.25, -0.2) is 0 Å². The molecule has 0 spiro atoms. The molecule has 1 aromatic rings. The number of hydrogen-bond acceptors (Lipinski definition) is 4. The fourth-order valence-corrected chi connectivity index (χ4v) is 1.31. The Labute approximate surface area is 106 Å². The van der Waals surface area contributed by atoms with Gasteiger partial charge in [-0.05, 0) is 17.7 Å². The van der Waals surface area contributed by atoms with E-state index >= 15 is 0 Å². The molecule has 1 amide bonds. The van der Waals surface area contributed by atoms with Crippen LogP contribution >= 0.6 is 0 Å². The summed E-state index contributed by atoms with van der Waals surface area (Å²) in [6.45, 7) is 3.74. The Morgan fingerprint density at radius 3 is 2.89 bits per heavy atom. The number of nitrogens with one attached hydrogen (secondary N) is 1. The summed E-state index contributed by atoms with van der Waals surface area (Å²) in [7, 11) is 1.50. The van der Waals surface area contributed by atoms with Crippen molar-refractivity contribution >= 4 is 5.91 Å². The lowest BCUT2D eigenvalue weighted by Crippen LogP contribution is -2.28. The van der Waals surface area contributed by atoms with Crippen molar-refractivity contribution in [2.45, 2.75) is 6.61 Å². The van der Waals surface area contributed by atoms with Crippen molar-refractivity contribution in [1.82, 2.24) is 5.32 Å². The molecule has 1 aromatic carbocycles. The van der Waals surface area contributed by atoms with Crippen LogP contribution in [0.5, 0.6) is 11.5 Å². The van der Waals surface area contributed by atoms with E-state index in [0.29, 0.717) is 18.0 Å². The quantitative estimate of drug-likeness (QED) is 0.706. The summed E-state index contributed by atoms with van der Waals surface area (Å²) in [4.78, 5) is 11.3.